The summed E-state index contributed by atoms with van der Waals surface area (Å²) in [6.07, 6.45) is 3.08. The molecule has 1 aromatic carbocycles. The van der Waals surface area contributed by atoms with Crippen molar-refractivity contribution in [2.24, 2.45) is 0 Å². The number of nitrogens with one attached hydrogen (secondary N) is 1. The van der Waals surface area contributed by atoms with Crippen LogP contribution in [-0.4, -0.2) is 45.5 Å². The number of likely N-dealkylation sites (tertiary alicyclic amines) is 1. The van der Waals surface area contributed by atoms with Crippen LogP contribution in [0, 0.1) is 13.8 Å². The van der Waals surface area contributed by atoms with Gasteiger partial charge in [0.25, 0.3) is 11.8 Å². The summed E-state index contributed by atoms with van der Waals surface area (Å²) >= 11 is 0. The highest BCUT2D eigenvalue weighted by atomic mass is 16.5. The van der Waals surface area contributed by atoms with Gasteiger partial charge < -0.3 is 19.5 Å². The average molecular weight is 435 g/mol. The molecule has 1 fully saturated rings. The zero-order valence-electron chi connectivity index (χ0n) is 18.3. The molecule has 9 nitrogen and oxygen atoms in total. The van der Waals surface area contributed by atoms with Crippen molar-refractivity contribution < 1.29 is 18.8 Å². The maximum Gasteiger partial charge on any atom is 0.277 e. The fourth-order valence-electron chi connectivity index (χ4n) is 3.88. The van der Waals surface area contributed by atoms with Gasteiger partial charge in [-0.3, -0.25) is 9.59 Å². The molecule has 9 heteroatoms. The van der Waals surface area contributed by atoms with Crippen LogP contribution in [0.25, 0.3) is 0 Å². The van der Waals surface area contributed by atoms with E-state index in [1.807, 2.05) is 30.3 Å². The summed E-state index contributed by atoms with van der Waals surface area (Å²) in [7, 11) is 1.56. The van der Waals surface area contributed by atoms with Gasteiger partial charge in [-0.05, 0) is 38.8 Å². The number of carbonyl (C=O) groups is 2. The maximum atomic E-state index is 13.2. The summed E-state index contributed by atoms with van der Waals surface area (Å²) in [5, 5.41) is 6.80. The van der Waals surface area contributed by atoms with Gasteiger partial charge in [0, 0.05) is 25.5 Å². The molecule has 32 heavy (non-hydrogen) atoms. The van der Waals surface area contributed by atoms with Crippen LogP contribution in [0.1, 0.15) is 62.6 Å². The first-order valence-electron chi connectivity index (χ1n) is 10.4. The van der Waals surface area contributed by atoms with Gasteiger partial charge in [0.2, 0.25) is 0 Å². The second kappa shape index (κ2) is 9.27. The van der Waals surface area contributed by atoms with Crippen molar-refractivity contribution in [1.29, 1.82) is 0 Å². The molecule has 0 unspecified atom stereocenters. The van der Waals surface area contributed by atoms with E-state index in [0.717, 1.165) is 12.8 Å². The Kier molecular flexibility index (Phi) is 6.27. The fraction of sp³-hybridized carbons (Fsp3) is 0.348. The smallest absolute Gasteiger partial charge is 0.277 e. The monoisotopic (exact) mass is 435 g/mol. The quantitative estimate of drug-likeness (QED) is 0.631. The highest BCUT2D eigenvalue weighted by Crippen LogP contribution is 2.32. The summed E-state index contributed by atoms with van der Waals surface area (Å²) in [6.45, 7) is 4.34. The second-order valence-corrected chi connectivity index (χ2v) is 7.70. The van der Waals surface area contributed by atoms with E-state index in [0.29, 0.717) is 40.6 Å². The topological polar surface area (TPSA) is 110 Å². The number of anilines is 1. The molecule has 2 amide bonds. The normalized spacial score (nSPS) is 15.7. The first kappa shape index (κ1) is 21.6. The molecule has 1 saturated heterocycles. The average Bonchev–Trinajstić information content (AvgIpc) is 3.42. The molecule has 166 valence electrons. The third-order valence-electron chi connectivity index (χ3n) is 5.56. The van der Waals surface area contributed by atoms with Crippen LogP contribution in [0.2, 0.25) is 0 Å². The van der Waals surface area contributed by atoms with Gasteiger partial charge in [-0.1, -0.05) is 23.4 Å². The minimum Gasteiger partial charge on any atom is -0.380 e. The van der Waals surface area contributed by atoms with Crippen molar-refractivity contribution in [1.82, 2.24) is 20.0 Å². The van der Waals surface area contributed by atoms with Gasteiger partial charge in [0.1, 0.15) is 5.76 Å². The lowest BCUT2D eigenvalue weighted by molar-refractivity contribution is 0.0714. The van der Waals surface area contributed by atoms with Crippen LogP contribution in [-0.2, 0) is 11.3 Å². The van der Waals surface area contributed by atoms with E-state index in [1.165, 1.54) is 6.20 Å². The van der Waals surface area contributed by atoms with Crippen molar-refractivity contribution in [2.75, 3.05) is 19.0 Å². The molecule has 4 rings (SSSR count). The Bertz CT molecular complexity index is 1130. The van der Waals surface area contributed by atoms with Gasteiger partial charge in [-0.2, -0.15) is 0 Å². The lowest BCUT2D eigenvalue weighted by atomic mass is 10.1. The molecule has 1 aliphatic heterocycles. The van der Waals surface area contributed by atoms with Crippen molar-refractivity contribution in [3.63, 3.8) is 0 Å². The Hall–Kier alpha value is -3.59. The lowest BCUT2D eigenvalue weighted by Crippen LogP contribution is -2.32. The van der Waals surface area contributed by atoms with E-state index < -0.39 is 0 Å². The van der Waals surface area contributed by atoms with Gasteiger partial charge >= 0.3 is 0 Å². The summed E-state index contributed by atoms with van der Waals surface area (Å²) in [4.78, 5) is 36.6. The Morgan fingerprint density at radius 3 is 2.75 bits per heavy atom. The van der Waals surface area contributed by atoms with E-state index in [2.05, 4.69) is 20.4 Å². The zero-order chi connectivity index (χ0) is 22.7. The van der Waals surface area contributed by atoms with Gasteiger partial charge in [0.05, 0.1) is 29.5 Å². The first-order valence-corrected chi connectivity index (χ1v) is 10.4. The molecule has 3 heterocycles. The third kappa shape index (κ3) is 4.24. The predicted octanol–water partition coefficient (Wildman–Crippen LogP) is 3.46. The van der Waals surface area contributed by atoms with Gasteiger partial charge in [-0.15, -0.1) is 0 Å². The number of methoxy groups -OCH3 is 1. The standard InChI is InChI=1S/C23H25N5O4/c1-14-17(22(29)26-16-8-5-4-6-9-16)12-24-21(25-14)19-10-7-11-28(19)23(30)20-18(13-31-3)15(2)32-27-20/h4-6,8-9,12,19H,7,10-11,13H2,1-3H3,(H,26,29)/t19-/m1/s1. The van der Waals surface area contributed by atoms with Crippen molar-refractivity contribution >= 4 is 17.5 Å². The minimum atomic E-state index is -0.292. The number of hydrogen-bond acceptors (Lipinski definition) is 7. The predicted molar refractivity (Wildman–Crippen MR) is 116 cm³/mol. The van der Waals surface area contributed by atoms with Crippen LogP contribution in [0.4, 0.5) is 5.69 Å². The number of aryl methyl sites for hydroxylation is 2. The van der Waals surface area contributed by atoms with E-state index in [1.54, 1.807) is 25.9 Å². The molecule has 0 bridgehead atoms. The Balaban J connectivity index is 1.55. The second-order valence-electron chi connectivity index (χ2n) is 7.70. The van der Waals surface area contributed by atoms with Crippen molar-refractivity contribution in [3.05, 3.63) is 70.6 Å². The number of amides is 2. The van der Waals surface area contributed by atoms with Gasteiger partial charge in [-0.25, -0.2) is 9.97 Å². The summed E-state index contributed by atoms with van der Waals surface area (Å²) in [5.74, 6) is 0.565. The third-order valence-corrected chi connectivity index (χ3v) is 5.56. The minimum absolute atomic E-state index is 0.233. The molecule has 0 saturated carbocycles. The zero-order valence-corrected chi connectivity index (χ0v) is 18.3. The molecule has 0 radical (unpaired) electrons. The number of para-hydroxylation sites is 1. The molecule has 1 aliphatic rings. The number of nitrogens with zero attached hydrogens (tertiary/aromatic N) is 4. The summed E-state index contributed by atoms with van der Waals surface area (Å²) < 4.78 is 10.4. The Labute approximate surface area is 185 Å². The maximum absolute atomic E-state index is 13.2. The molecule has 0 aliphatic carbocycles. The Morgan fingerprint density at radius 2 is 2.03 bits per heavy atom. The first-order chi connectivity index (χ1) is 15.5. The molecule has 0 spiro atoms. The van der Waals surface area contributed by atoms with Crippen molar-refractivity contribution in [3.8, 4) is 0 Å². The van der Waals surface area contributed by atoms with E-state index in [4.69, 9.17) is 9.26 Å². The number of hydrogen-bond donors (Lipinski definition) is 1. The van der Waals surface area contributed by atoms with Crippen molar-refractivity contribution in [2.45, 2.75) is 39.3 Å². The number of rotatable bonds is 6. The number of ether oxygens (including phenoxy) is 1. The van der Waals surface area contributed by atoms with Crippen LogP contribution in [0.5, 0.6) is 0 Å². The lowest BCUT2D eigenvalue weighted by Gasteiger charge is -2.23. The van der Waals surface area contributed by atoms with Crippen LogP contribution in [0.3, 0.4) is 0 Å². The molecule has 2 aromatic heterocycles. The number of benzene rings is 1. The largest absolute Gasteiger partial charge is 0.380 e. The number of carbonyl (C=O) groups excluding carboxylic acids is 2. The molecule has 1 atom stereocenters. The van der Waals surface area contributed by atoms with Crippen LogP contribution < -0.4 is 5.32 Å². The van der Waals surface area contributed by atoms with Crippen LogP contribution in [0.15, 0.2) is 41.1 Å². The van der Waals surface area contributed by atoms with E-state index in [-0.39, 0.29) is 30.2 Å². The van der Waals surface area contributed by atoms with Gasteiger partial charge in [0.15, 0.2) is 11.5 Å². The number of aromatic nitrogens is 3. The highest BCUT2D eigenvalue weighted by molar-refractivity contribution is 6.04. The molecule has 1 N–H and O–H groups in total. The van der Waals surface area contributed by atoms with E-state index in [9.17, 15) is 9.59 Å². The Morgan fingerprint density at radius 1 is 1.25 bits per heavy atom. The molecule has 3 aromatic rings. The summed E-state index contributed by atoms with van der Waals surface area (Å²) in [6, 6.07) is 8.91. The highest BCUT2D eigenvalue weighted by Gasteiger charge is 2.35. The fourth-order valence-corrected chi connectivity index (χ4v) is 3.88. The SMILES string of the molecule is COCc1c(C(=O)N2CCC[C@@H]2c2ncc(C(=O)Nc3ccccc3)c(C)n2)noc1C. The summed E-state index contributed by atoms with van der Waals surface area (Å²) in [5.41, 5.74) is 2.55. The van der Waals surface area contributed by atoms with Crippen LogP contribution >= 0.6 is 0 Å². The van der Waals surface area contributed by atoms with E-state index >= 15 is 0 Å². The molecular weight excluding hydrogens is 410 g/mol. The molecular formula is C23H25N5O4.